The molecule has 0 amide bonds. The first kappa shape index (κ1) is 26.6. The summed E-state index contributed by atoms with van der Waals surface area (Å²) in [5.74, 6) is 0. The normalized spacial score (nSPS) is 9.35. The Morgan fingerprint density at radius 3 is 1.35 bits per heavy atom. The molecule has 0 spiro atoms. The number of unbranched alkanes of at least 4 members (excludes halogenated alkanes) is 9. The Labute approximate surface area is 143 Å². The van der Waals surface area contributed by atoms with E-state index in [2.05, 4.69) is 20.8 Å². The molecule has 0 aromatic carbocycles. The van der Waals surface area contributed by atoms with E-state index in [-0.39, 0.29) is 0 Å². The number of aldehydes is 3. The third-order valence-electron chi connectivity index (χ3n) is 3.02. The lowest BCUT2D eigenvalue weighted by Crippen LogP contribution is -1.76. The largest absolute Gasteiger partial charge is 0.303 e. The topological polar surface area (TPSA) is 51.2 Å². The van der Waals surface area contributed by atoms with Gasteiger partial charge in [-0.3, -0.25) is 4.79 Å². The minimum Gasteiger partial charge on any atom is -0.303 e. The van der Waals surface area contributed by atoms with E-state index < -0.39 is 0 Å². The molecule has 0 atom stereocenters. The van der Waals surface area contributed by atoms with E-state index in [0.717, 1.165) is 57.4 Å². The van der Waals surface area contributed by atoms with E-state index in [9.17, 15) is 14.4 Å². The fourth-order valence-electron chi connectivity index (χ4n) is 1.63. The van der Waals surface area contributed by atoms with Gasteiger partial charge in [-0.1, -0.05) is 71.8 Å². The van der Waals surface area contributed by atoms with Gasteiger partial charge in [-0.05, 0) is 25.3 Å². The summed E-state index contributed by atoms with van der Waals surface area (Å²) in [6.45, 7) is 6.41. The summed E-state index contributed by atoms with van der Waals surface area (Å²) in [5, 5.41) is 0. The molecule has 0 bridgehead atoms. The van der Waals surface area contributed by atoms with Crippen LogP contribution in [0.1, 0.15) is 97.8 Å². The first-order valence-electron chi connectivity index (χ1n) is 9.22. The summed E-state index contributed by atoms with van der Waals surface area (Å²) in [7, 11) is 0. The predicted octanol–water partition coefficient (Wildman–Crippen LogP) is 5.85. The molecule has 0 heterocycles. The van der Waals surface area contributed by atoms with Gasteiger partial charge in [0.15, 0.2) is 0 Å². The first-order chi connectivity index (χ1) is 11.2. The van der Waals surface area contributed by atoms with Gasteiger partial charge in [0.1, 0.15) is 18.9 Å². The molecule has 0 rings (SSSR count). The van der Waals surface area contributed by atoms with Crippen LogP contribution < -0.4 is 0 Å². The lowest BCUT2D eigenvalue weighted by Gasteiger charge is -1.90. The molecule has 23 heavy (non-hydrogen) atoms. The highest BCUT2D eigenvalue weighted by Gasteiger charge is 1.84. The molecule has 3 nitrogen and oxygen atoms in total. The highest BCUT2D eigenvalue weighted by atomic mass is 16.1. The average Bonchev–Trinajstić information content (AvgIpc) is 2.58. The van der Waals surface area contributed by atoms with E-state index in [1.807, 2.05) is 6.08 Å². The molecule has 0 aliphatic rings. The SMILES string of the molecule is CCC/C=C/C=O.CCCCCCC=O.CCCCCCC=O. The maximum atomic E-state index is 9.77. The summed E-state index contributed by atoms with van der Waals surface area (Å²) >= 11 is 0. The van der Waals surface area contributed by atoms with Crippen molar-refractivity contribution in [2.75, 3.05) is 0 Å². The Hall–Kier alpha value is -1.25. The van der Waals surface area contributed by atoms with Crippen molar-refractivity contribution in [3.05, 3.63) is 12.2 Å². The highest BCUT2D eigenvalue weighted by Crippen LogP contribution is 2.00. The molecule has 0 fully saturated rings. The Balaban J connectivity index is -0.000000262. The summed E-state index contributed by atoms with van der Waals surface area (Å²) in [6, 6.07) is 0. The van der Waals surface area contributed by atoms with Crippen LogP contribution in [-0.2, 0) is 14.4 Å². The Bertz CT molecular complexity index is 231. The van der Waals surface area contributed by atoms with Gasteiger partial charge < -0.3 is 9.59 Å². The monoisotopic (exact) mass is 326 g/mol. The molecule has 0 aliphatic heterocycles. The zero-order valence-electron chi connectivity index (χ0n) is 15.6. The van der Waals surface area contributed by atoms with Crippen LogP contribution in [0.2, 0.25) is 0 Å². The Kier molecular flexibility index (Phi) is 37.8. The van der Waals surface area contributed by atoms with Gasteiger partial charge in [-0.25, -0.2) is 0 Å². The minimum absolute atomic E-state index is 0.750. The number of rotatable bonds is 13. The summed E-state index contributed by atoms with van der Waals surface area (Å²) in [6.07, 6.45) is 19.5. The molecule has 0 aromatic heterocycles. The molecule has 0 aliphatic carbocycles. The van der Waals surface area contributed by atoms with Gasteiger partial charge in [-0.2, -0.15) is 0 Å². The van der Waals surface area contributed by atoms with Crippen LogP contribution in [-0.4, -0.2) is 18.9 Å². The zero-order valence-corrected chi connectivity index (χ0v) is 15.6. The number of carbonyl (C=O) groups excluding carboxylic acids is 3. The minimum atomic E-state index is 0.750. The molecule has 0 N–H and O–H groups in total. The van der Waals surface area contributed by atoms with Gasteiger partial charge in [0.2, 0.25) is 0 Å². The quantitative estimate of drug-likeness (QED) is 0.242. The Morgan fingerprint density at radius 2 is 1.04 bits per heavy atom. The molecular formula is C20H38O3. The van der Waals surface area contributed by atoms with E-state index in [4.69, 9.17) is 0 Å². The maximum absolute atomic E-state index is 9.77. The maximum Gasteiger partial charge on any atom is 0.142 e. The summed E-state index contributed by atoms with van der Waals surface area (Å²) in [5.41, 5.74) is 0. The second-order valence-electron chi connectivity index (χ2n) is 5.38. The van der Waals surface area contributed by atoms with E-state index >= 15 is 0 Å². The molecule has 3 heteroatoms. The third-order valence-corrected chi connectivity index (χ3v) is 3.02. The number of hydrogen-bond donors (Lipinski definition) is 0. The smallest absolute Gasteiger partial charge is 0.142 e. The number of hydrogen-bond acceptors (Lipinski definition) is 3. The van der Waals surface area contributed by atoms with Crippen molar-refractivity contribution in [2.24, 2.45) is 0 Å². The van der Waals surface area contributed by atoms with Crippen molar-refractivity contribution in [3.63, 3.8) is 0 Å². The lowest BCUT2D eigenvalue weighted by atomic mass is 10.2. The molecule has 0 saturated carbocycles. The predicted molar refractivity (Wildman–Crippen MR) is 99.8 cm³/mol. The molecule has 0 unspecified atom stereocenters. The zero-order chi connectivity index (χ0) is 18.0. The number of allylic oxidation sites excluding steroid dienone is 2. The molecule has 0 saturated heterocycles. The van der Waals surface area contributed by atoms with E-state index in [1.54, 1.807) is 0 Å². The van der Waals surface area contributed by atoms with Crippen molar-refractivity contribution in [2.45, 2.75) is 97.8 Å². The second-order valence-corrected chi connectivity index (χ2v) is 5.38. The van der Waals surface area contributed by atoms with E-state index in [1.165, 1.54) is 44.6 Å². The second kappa shape index (κ2) is 32.6. The average molecular weight is 327 g/mol. The van der Waals surface area contributed by atoms with Crippen molar-refractivity contribution in [3.8, 4) is 0 Å². The molecular weight excluding hydrogens is 288 g/mol. The fraction of sp³-hybridized carbons (Fsp3) is 0.750. The third kappa shape index (κ3) is 44.9. The van der Waals surface area contributed by atoms with Gasteiger partial charge in [0, 0.05) is 12.8 Å². The van der Waals surface area contributed by atoms with Crippen LogP contribution in [0.3, 0.4) is 0 Å². The standard InChI is InChI=1S/2C7H14O.C6H10O/c2*1-2-3-4-5-6-7-8;1-2-3-4-5-6-7/h2*7H,2-6H2,1H3;4-6H,2-3H2,1H3/b;;5-4+. The Morgan fingerprint density at radius 1 is 0.565 bits per heavy atom. The molecule has 0 aromatic rings. The lowest BCUT2D eigenvalue weighted by molar-refractivity contribution is -0.108. The van der Waals surface area contributed by atoms with Gasteiger partial charge in [-0.15, -0.1) is 0 Å². The molecule has 0 radical (unpaired) electrons. The van der Waals surface area contributed by atoms with Crippen LogP contribution in [0.5, 0.6) is 0 Å². The highest BCUT2D eigenvalue weighted by molar-refractivity contribution is 5.64. The van der Waals surface area contributed by atoms with Crippen molar-refractivity contribution < 1.29 is 14.4 Å². The number of carbonyl (C=O) groups is 3. The van der Waals surface area contributed by atoms with Crippen LogP contribution in [0.4, 0.5) is 0 Å². The van der Waals surface area contributed by atoms with Crippen LogP contribution >= 0.6 is 0 Å². The van der Waals surface area contributed by atoms with E-state index in [0.29, 0.717) is 0 Å². The fourth-order valence-corrected chi connectivity index (χ4v) is 1.63. The van der Waals surface area contributed by atoms with Crippen molar-refractivity contribution in [1.82, 2.24) is 0 Å². The van der Waals surface area contributed by atoms with Gasteiger partial charge in [0.25, 0.3) is 0 Å². The van der Waals surface area contributed by atoms with Gasteiger partial charge >= 0.3 is 0 Å². The van der Waals surface area contributed by atoms with Gasteiger partial charge in [0.05, 0.1) is 0 Å². The van der Waals surface area contributed by atoms with Crippen molar-refractivity contribution >= 4 is 18.9 Å². The summed E-state index contributed by atoms with van der Waals surface area (Å²) < 4.78 is 0. The van der Waals surface area contributed by atoms with Crippen LogP contribution in [0, 0.1) is 0 Å². The van der Waals surface area contributed by atoms with Crippen molar-refractivity contribution in [1.29, 1.82) is 0 Å². The van der Waals surface area contributed by atoms with Crippen LogP contribution in [0.15, 0.2) is 12.2 Å². The molecule has 136 valence electrons. The summed E-state index contributed by atoms with van der Waals surface area (Å²) in [4.78, 5) is 29.1. The van der Waals surface area contributed by atoms with Crippen LogP contribution in [0.25, 0.3) is 0 Å². The first-order valence-corrected chi connectivity index (χ1v) is 9.22.